The van der Waals surface area contributed by atoms with Crippen molar-refractivity contribution in [3.8, 4) is 0 Å². The molecule has 1 amide bonds. The van der Waals surface area contributed by atoms with Crippen LogP contribution in [-0.2, 0) is 14.3 Å². The predicted molar refractivity (Wildman–Crippen MR) is 86.0 cm³/mol. The van der Waals surface area contributed by atoms with Crippen molar-refractivity contribution in [1.29, 1.82) is 0 Å². The molecule has 1 aliphatic carbocycles. The number of ether oxygens (including phenoxy) is 1. The molecule has 0 bridgehead atoms. The normalized spacial score (nSPS) is 21.1. The van der Waals surface area contributed by atoms with Crippen molar-refractivity contribution in [3.63, 3.8) is 0 Å². The van der Waals surface area contributed by atoms with Crippen LogP contribution in [0.25, 0.3) is 6.08 Å². The van der Waals surface area contributed by atoms with E-state index in [9.17, 15) is 14.0 Å². The maximum Gasteiger partial charge on any atom is 0.331 e. The van der Waals surface area contributed by atoms with Crippen LogP contribution in [0.15, 0.2) is 30.3 Å². The third-order valence-electron chi connectivity index (χ3n) is 4.09. The van der Waals surface area contributed by atoms with Crippen LogP contribution in [0.3, 0.4) is 0 Å². The van der Waals surface area contributed by atoms with Crippen LogP contribution in [-0.4, -0.2) is 24.5 Å². The number of rotatable bonds is 5. The highest BCUT2D eigenvalue weighted by atomic mass is 19.1. The fourth-order valence-corrected chi connectivity index (χ4v) is 2.70. The van der Waals surface area contributed by atoms with Crippen molar-refractivity contribution < 1.29 is 18.7 Å². The molecule has 0 unspecified atom stereocenters. The summed E-state index contributed by atoms with van der Waals surface area (Å²) in [6.07, 6.45) is 7.16. The van der Waals surface area contributed by atoms with Gasteiger partial charge < -0.3 is 10.1 Å². The fourth-order valence-electron chi connectivity index (χ4n) is 2.70. The van der Waals surface area contributed by atoms with Crippen LogP contribution < -0.4 is 5.32 Å². The first kappa shape index (κ1) is 17.2. The molecule has 23 heavy (non-hydrogen) atoms. The van der Waals surface area contributed by atoms with E-state index >= 15 is 0 Å². The topological polar surface area (TPSA) is 55.4 Å². The highest BCUT2D eigenvalue weighted by molar-refractivity contribution is 5.89. The molecule has 1 aromatic carbocycles. The Hall–Kier alpha value is -2.17. The zero-order chi connectivity index (χ0) is 16.7. The highest BCUT2D eigenvalue weighted by Crippen LogP contribution is 2.23. The highest BCUT2D eigenvalue weighted by Gasteiger charge is 2.22. The molecule has 1 fully saturated rings. The van der Waals surface area contributed by atoms with Gasteiger partial charge in [0.25, 0.3) is 5.91 Å². The first-order valence-electron chi connectivity index (χ1n) is 7.94. The third-order valence-corrected chi connectivity index (χ3v) is 4.09. The van der Waals surface area contributed by atoms with E-state index in [1.165, 1.54) is 30.7 Å². The van der Waals surface area contributed by atoms with Gasteiger partial charge in [0, 0.05) is 12.1 Å². The minimum Gasteiger partial charge on any atom is -0.452 e. The second-order valence-corrected chi connectivity index (χ2v) is 5.93. The molecular weight excluding hydrogens is 297 g/mol. The molecule has 2 atom stereocenters. The standard InChI is InChI=1S/C18H22FNO3/c1-13-4-2-3-5-16(13)20-17(21)12-23-18(22)11-8-14-6-9-15(19)10-7-14/h6-11,13,16H,2-5,12H2,1H3,(H,20,21)/b11-8+/t13-,16-/m0/s1. The molecule has 2 rings (SSSR count). The molecule has 0 saturated heterocycles. The number of hydrogen-bond donors (Lipinski definition) is 1. The molecule has 0 spiro atoms. The molecule has 0 aliphatic heterocycles. The Morgan fingerprint density at radius 3 is 2.65 bits per heavy atom. The van der Waals surface area contributed by atoms with E-state index in [-0.39, 0.29) is 24.4 Å². The van der Waals surface area contributed by atoms with Gasteiger partial charge in [0.05, 0.1) is 0 Å². The average Bonchev–Trinajstić information content (AvgIpc) is 2.54. The Morgan fingerprint density at radius 2 is 1.96 bits per heavy atom. The number of carbonyl (C=O) groups is 2. The smallest absolute Gasteiger partial charge is 0.331 e. The summed E-state index contributed by atoms with van der Waals surface area (Å²) in [6.45, 7) is 1.84. The summed E-state index contributed by atoms with van der Waals surface area (Å²) >= 11 is 0. The van der Waals surface area contributed by atoms with Gasteiger partial charge in [-0.2, -0.15) is 0 Å². The lowest BCUT2D eigenvalue weighted by Crippen LogP contribution is -2.42. The molecule has 1 saturated carbocycles. The average molecular weight is 319 g/mol. The Kier molecular flexibility index (Phi) is 6.32. The number of carbonyl (C=O) groups excluding carboxylic acids is 2. The van der Waals surface area contributed by atoms with Crippen LogP contribution >= 0.6 is 0 Å². The van der Waals surface area contributed by atoms with Gasteiger partial charge in [-0.3, -0.25) is 4.79 Å². The van der Waals surface area contributed by atoms with Crippen LogP contribution in [0.4, 0.5) is 4.39 Å². The Balaban J connectivity index is 1.73. The van der Waals surface area contributed by atoms with Crippen molar-refractivity contribution in [2.75, 3.05) is 6.61 Å². The molecule has 1 aliphatic rings. The van der Waals surface area contributed by atoms with Gasteiger partial charge in [-0.15, -0.1) is 0 Å². The summed E-state index contributed by atoms with van der Waals surface area (Å²) in [4.78, 5) is 23.4. The SMILES string of the molecule is C[C@H]1CCCC[C@@H]1NC(=O)COC(=O)/C=C/c1ccc(F)cc1. The second kappa shape index (κ2) is 8.46. The molecule has 0 aromatic heterocycles. The van der Waals surface area contributed by atoms with Crippen LogP contribution in [0.5, 0.6) is 0 Å². The Labute approximate surface area is 135 Å². The number of hydrogen-bond acceptors (Lipinski definition) is 3. The minimum atomic E-state index is -0.596. The summed E-state index contributed by atoms with van der Waals surface area (Å²) in [5, 5.41) is 2.92. The zero-order valence-electron chi connectivity index (χ0n) is 13.3. The van der Waals surface area contributed by atoms with E-state index in [0.29, 0.717) is 11.5 Å². The van der Waals surface area contributed by atoms with Gasteiger partial charge in [0.15, 0.2) is 6.61 Å². The van der Waals surface area contributed by atoms with Crippen LogP contribution in [0.1, 0.15) is 38.2 Å². The largest absolute Gasteiger partial charge is 0.452 e. The maximum absolute atomic E-state index is 12.8. The summed E-state index contributed by atoms with van der Waals surface area (Å²) in [5.74, 6) is -0.742. The van der Waals surface area contributed by atoms with Crippen molar-refractivity contribution in [3.05, 3.63) is 41.7 Å². The van der Waals surface area contributed by atoms with E-state index in [1.807, 2.05) is 0 Å². The van der Waals surface area contributed by atoms with E-state index in [4.69, 9.17) is 4.74 Å². The van der Waals surface area contributed by atoms with E-state index < -0.39 is 5.97 Å². The van der Waals surface area contributed by atoms with Gasteiger partial charge in [-0.25, -0.2) is 9.18 Å². The molecule has 124 valence electrons. The van der Waals surface area contributed by atoms with Crippen molar-refractivity contribution in [1.82, 2.24) is 5.32 Å². The molecule has 0 heterocycles. The first-order valence-corrected chi connectivity index (χ1v) is 7.94. The third kappa shape index (κ3) is 5.85. The second-order valence-electron chi connectivity index (χ2n) is 5.93. The molecule has 1 N–H and O–H groups in total. The lowest BCUT2D eigenvalue weighted by molar-refractivity contribution is -0.144. The molecule has 4 nitrogen and oxygen atoms in total. The van der Waals surface area contributed by atoms with Crippen LogP contribution in [0.2, 0.25) is 0 Å². The molecular formula is C18H22FNO3. The van der Waals surface area contributed by atoms with Crippen molar-refractivity contribution in [2.24, 2.45) is 5.92 Å². The van der Waals surface area contributed by atoms with Crippen LogP contribution in [0, 0.1) is 11.7 Å². The quantitative estimate of drug-likeness (QED) is 0.670. The Bertz CT molecular complexity index is 568. The van der Waals surface area contributed by atoms with Gasteiger partial charge in [-0.05, 0) is 42.5 Å². The summed E-state index contributed by atoms with van der Waals surface area (Å²) < 4.78 is 17.7. The number of nitrogens with one attached hydrogen (secondary N) is 1. The lowest BCUT2D eigenvalue weighted by atomic mass is 9.86. The number of amides is 1. The number of halogens is 1. The fraction of sp³-hybridized carbons (Fsp3) is 0.444. The van der Waals surface area contributed by atoms with Gasteiger partial charge >= 0.3 is 5.97 Å². The van der Waals surface area contributed by atoms with Gasteiger partial charge in [0.2, 0.25) is 0 Å². The van der Waals surface area contributed by atoms with E-state index in [0.717, 1.165) is 19.3 Å². The predicted octanol–water partition coefficient (Wildman–Crippen LogP) is 3.08. The summed E-state index contributed by atoms with van der Waals surface area (Å²) in [6, 6.07) is 5.89. The van der Waals surface area contributed by atoms with Gasteiger partial charge in [-0.1, -0.05) is 31.9 Å². The monoisotopic (exact) mass is 319 g/mol. The van der Waals surface area contributed by atoms with E-state index in [1.54, 1.807) is 12.1 Å². The molecule has 5 heteroatoms. The zero-order valence-corrected chi connectivity index (χ0v) is 13.3. The van der Waals surface area contributed by atoms with Crippen molar-refractivity contribution >= 4 is 18.0 Å². The lowest BCUT2D eigenvalue weighted by Gasteiger charge is -2.29. The van der Waals surface area contributed by atoms with E-state index in [2.05, 4.69) is 12.2 Å². The minimum absolute atomic E-state index is 0.171. The van der Waals surface area contributed by atoms with Gasteiger partial charge in [0.1, 0.15) is 5.82 Å². The Morgan fingerprint density at radius 1 is 1.26 bits per heavy atom. The first-order chi connectivity index (χ1) is 11.0. The maximum atomic E-state index is 12.8. The molecule has 0 radical (unpaired) electrons. The van der Waals surface area contributed by atoms with Crippen molar-refractivity contribution in [2.45, 2.75) is 38.6 Å². The number of esters is 1. The summed E-state index contributed by atoms with van der Waals surface area (Å²) in [7, 11) is 0. The molecule has 1 aromatic rings. The number of benzene rings is 1. The summed E-state index contributed by atoms with van der Waals surface area (Å²) in [5.41, 5.74) is 0.684.